The molecule has 2 aliphatic heterocycles. The van der Waals surface area contributed by atoms with Crippen molar-refractivity contribution in [1.82, 2.24) is 24.2 Å². The molecular weight excluding hydrogens is 372 g/mol. The number of carbonyl (C=O) groups excluding carboxylic acids is 1. The molecule has 0 unspecified atom stereocenters. The summed E-state index contributed by atoms with van der Waals surface area (Å²) in [5.74, 6) is -2.30. The predicted molar refractivity (Wildman–Crippen MR) is 94.5 cm³/mol. The number of likely N-dealkylation sites (tertiary alicyclic amines) is 1. The van der Waals surface area contributed by atoms with E-state index >= 15 is 0 Å². The standard InChI is InChI=1S/C18H21F2N5O3/c1-28-15-6-5-12(9-21-15)10-24-17(27)25-13(3-2-4-14(25)22-24)16(26)23-8-7-18(19,20)11-23/h5-6,9,13H,2-4,7-8,10-11H2,1H3/t13-/m0/s1. The summed E-state index contributed by atoms with van der Waals surface area (Å²) in [5, 5.41) is 4.37. The lowest BCUT2D eigenvalue weighted by molar-refractivity contribution is -0.135. The molecule has 1 atom stereocenters. The average molecular weight is 393 g/mol. The molecule has 2 aliphatic rings. The molecule has 0 bridgehead atoms. The minimum Gasteiger partial charge on any atom is -0.481 e. The number of alkyl halides is 2. The van der Waals surface area contributed by atoms with Gasteiger partial charge in [0.05, 0.1) is 20.2 Å². The van der Waals surface area contributed by atoms with Crippen LogP contribution in [-0.2, 0) is 17.8 Å². The number of carbonyl (C=O) groups is 1. The molecule has 28 heavy (non-hydrogen) atoms. The van der Waals surface area contributed by atoms with E-state index in [2.05, 4.69) is 10.1 Å². The maximum atomic E-state index is 13.5. The van der Waals surface area contributed by atoms with Crippen molar-refractivity contribution in [3.63, 3.8) is 0 Å². The predicted octanol–water partition coefficient (Wildman–Crippen LogP) is 1.24. The van der Waals surface area contributed by atoms with E-state index in [4.69, 9.17) is 4.74 Å². The zero-order valence-electron chi connectivity index (χ0n) is 15.5. The molecule has 2 aromatic rings. The Labute approximate surface area is 159 Å². The Bertz CT molecular complexity index is 938. The zero-order valence-corrected chi connectivity index (χ0v) is 15.5. The van der Waals surface area contributed by atoms with Crippen molar-refractivity contribution in [2.24, 2.45) is 0 Å². The zero-order chi connectivity index (χ0) is 19.9. The summed E-state index contributed by atoms with van der Waals surface area (Å²) in [7, 11) is 1.52. The number of aromatic nitrogens is 4. The van der Waals surface area contributed by atoms with Crippen LogP contribution in [0.25, 0.3) is 0 Å². The highest BCUT2D eigenvalue weighted by Gasteiger charge is 2.43. The van der Waals surface area contributed by atoms with Crippen molar-refractivity contribution in [1.29, 1.82) is 0 Å². The smallest absolute Gasteiger partial charge is 0.346 e. The largest absolute Gasteiger partial charge is 0.481 e. The van der Waals surface area contributed by atoms with Crippen molar-refractivity contribution in [3.05, 3.63) is 40.2 Å². The molecule has 0 aliphatic carbocycles. The lowest BCUT2D eigenvalue weighted by atomic mass is 10.0. The number of amides is 1. The van der Waals surface area contributed by atoms with Crippen LogP contribution in [0.2, 0.25) is 0 Å². The number of methoxy groups -OCH3 is 1. The first-order valence-corrected chi connectivity index (χ1v) is 9.22. The van der Waals surface area contributed by atoms with E-state index in [1.165, 1.54) is 16.4 Å². The normalized spacial score (nSPS) is 20.8. The Morgan fingerprint density at radius 3 is 2.86 bits per heavy atom. The molecule has 1 amide bonds. The van der Waals surface area contributed by atoms with Gasteiger partial charge in [0, 0.05) is 31.6 Å². The van der Waals surface area contributed by atoms with Gasteiger partial charge in [-0.3, -0.25) is 9.36 Å². The number of rotatable bonds is 4. The highest BCUT2D eigenvalue weighted by Crippen LogP contribution is 2.31. The van der Waals surface area contributed by atoms with Gasteiger partial charge in [-0.2, -0.15) is 5.10 Å². The van der Waals surface area contributed by atoms with E-state index in [0.29, 0.717) is 31.0 Å². The van der Waals surface area contributed by atoms with Gasteiger partial charge in [-0.1, -0.05) is 6.07 Å². The highest BCUT2D eigenvalue weighted by atomic mass is 19.3. The third-order valence-electron chi connectivity index (χ3n) is 5.24. The molecular formula is C18H21F2N5O3. The van der Waals surface area contributed by atoms with Gasteiger partial charge in [-0.15, -0.1) is 0 Å². The van der Waals surface area contributed by atoms with Crippen molar-refractivity contribution < 1.29 is 18.3 Å². The van der Waals surface area contributed by atoms with Gasteiger partial charge >= 0.3 is 5.69 Å². The Morgan fingerprint density at radius 1 is 1.39 bits per heavy atom. The number of fused-ring (bicyclic) bond motifs is 1. The summed E-state index contributed by atoms with van der Waals surface area (Å²) in [6, 6.07) is 2.70. The molecule has 2 aromatic heterocycles. The number of pyridine rings is 1. The topological polar surface area (TPSA) is 82.2 Å². The number of nitrogens with zero attached hydrogens (tertiary/aromatic N) is 5. The fraction of sp³-hybridized carbons (Fsp3) is 0.556. The molecule has 1 fully saturated rings. The fourth-order valence-electron chi connectivity index (χ4n) is 3.80. The first-order chi connectivity index (χ1) is 13.4. The number of ether oxygens (including phenoxy) is 1. The Hall–Kier alpha value is -2.78. The van der Waals surface area contributed by atoms with Gasteiger partial charge in [0.25, 0.3) is 5.92 Å². The van der Waals surface area contributed by atoms with Crippen LogP contribution in [0.4, 0.5) is 8.78 Å². The van der Waals surface area contributed by atoms with E-state index < -0.39 is 30.1 Å². The number of hydrogen-bond acceptors (Lipinski definition) is 5. The maximum absolute atomic E-state index is 13.5. The molecule has 0 radical (unpaired) electrons. The molecule has 4 rings (SSSR count). The van der Waals surface area contributed by atoms with Gasteiger partial charge < -0.3 is 9.64 Å². The molecule has 150 valence electrons. The summed E-state index contributed by atoms with van der Waals surface area (Å²) in [6.07, 6.45) is 2.96. The van der Waals surface area contributed by atoms with Crippen molar-refractivity contribution in [2.75, 3.05) is 20.2 Å². The van der Waals surface area contributed by atoms with Crippen LogP contribution < -0.4 is 10.4 Å². The Morgan fingerprint density at radius 2 is 2.21 bits per heavy atom. The van der Waals surface area contributed by atoms with E-state index in [0.717, 1.165) is 10.5 Å². The number of halogens is 2. The SMILES string of the molecule is COc1ccc(Cn2nc3n(c2=O)[C@H](C(=O)N2CCC(F)(F)C2)CCC3)cn1. The van der Waals surface area contributed by atoms with Gasteiger partial charge in [0.2, 0.25) is 11.8 Å². The average Bonchev–Trinajstić information content (AvgIpc) is 3.21. The minimum atomic E-state index is -2.86. The molecule has 8 nitrogen and oxygen atoms in total. The summed E-state index contributed by atoms with van der Waals surface area (Å²) in [5.41, 5.74) is 0.357. The van der Waals surface area contributed by atoms with E-state index in [-0.39, 0.29) is 19.5 Å². The van der Waals surface area contributed by atoms with Crippen LogP contribution in [-0.4, -0.2) is 56.3 Å². The number of hydrogen-bond donors (Lipinski definition) is 0. The van der Waals surface area contributed by atoms with Gasteiger partial charge in [0.1, 0.15) is 11.9 Å². The molecule has 10 heteroatoms. The molecule has 0 aromatic carbocycles. The molecule has 0 N–H and O–H groups in total. The minimum absolute atomic E-state index is 0.0120. The second-order valence-corrected chi connectivity index (χ2v) is 7.21. The molecule has 1 saturated heterocycles. The third-order valence-corrected chi connectivity index (χ3v) is 5.24. The Balaban J connectivity index is 1.59. The lowest BCUT2D eigenvalue weighted by Crippen LogP contribution is -2.42. The first kappa shape index (κ1) is 18.6. The summed E-state index contributed by atoms with van der Waals surface area (Å²) in [6.45, 7) is -0.366. The first-order valence-electron chi connectivity index (χ1n) is 9.22. The second-order valence-electron chi connectivity index (χ2n) is 7.21. The monoisotopic (exact) mass is 393 g/mol. The highest BCUT2D eigenvalue weighted by molar-refractivity contribution is 5.81. The van der Waals surface area contributed by atoms with Crippen LogP contribution in [0.3, 0.4) is 0 Å². The molecule has 4 heterocycles. The van der Waals surface area contributed by atoms with Gasteiger partial charge in [0.15, 0.2) is 0 Å². The van der Waals surface area contributed by atoms with E-state index in [1.807, 2.05) is 0 Å². The van der Waals surface area contributed by atoms with Crippen LogP contribution >= 0.6 is 0 Å². The second kappa shape index (κ2) is 6.99. The summed E-state index contributed by atoms with van der Waals surface area (Å²) >= 11 is 0. The quantitative estimate of drug-likeness (QED) is 0.781. The lowest BCUT2D eigenvalue weighted by Gasteiger charge is -2.27. The third kappa shape index (κ3) is 3.38. The summed E-state index contributed by atoms with van der Waals surface area (Å²) < 4.78 is 34.7. The Kier molecular flexibility index (Phi) is 4.64. The van der Waals surface area contributed by atoms with Crippen molar-refractivity contribution in [3.8, 4) is 5.88 Å². The van der Waals surface area contributed by atoms with Crippen molar-refractivity contribution >= 4 is 5.91 Å². The van der Waals surface area contributed by atoms with Crippen LogP contribution in [0.15, 0.2) is 23.1 Å². The van der Waals surface area contributed by atoms with Gasteiger partial charge in [-0.25, -0.2) is 23.2 Å². The maximum Gasteiger partial charge on any atom is 0.346 e. The summed E-state index contributed by atoms with van der Waals surface area (Å²) in [4.78, 5) is 31.0. The van der Waals surface area contributed by atoms with Crippen molar-refractivity contribution in [2.45, 2.75) is 44.2 Å². The van der Waals surface area contributed by atoms with Crippen LogP contribution in [0, 0.1) is 0 Å². The van der Waals surface area contributed by atoms with E-state index in [1.54, 1.807) is 18.3 Å². The molecule has 0 spiro atoms. The molecule has 0 saturated carbocycles. The fourth-order valence-corrected chi connectivity index (χ4v) is 3.80. The van der Waals surface area contributed by atoms with Gasteiger partial charge in [-0.05, 0) is 18.4 Å². The van der Waals surface area contributed by atoms with E-state index in [9.17, 15) is 18.4 Å². The van der Waals surface area contributed by atoms with Crippen LogP contribution in [0.5, 0.6) is 5.88 Å². The number of aryl methyl sites for hydroxylation is 1. The van der Waals surface area contributed by atoms with Crippen LogP contribution in [0.1, 0.15) is 36.7 Å².